The van der Waals surface area contributed by atoms with E-state index in [4.69, 9.17) is 9.47 Å². The number of nitrogens with zero attached hydrogens (tertiary/aromatic N) is 1. The van der Waals surface area contributed by atoms with E-state index in [0.29, 0.717) is 5.92 Å². The van der Waals surface area contributed by atoms with Gasteiger partial charge in [0.05, 0.1) is 19.4 Å². The molecule has 0 amide bonds. The molecular formula is C16H22N2O2. The first-order valence-electron chi connectivity index (χ1n) is 7.48. The second-order valence-electron chi connectivity index (χ2n) is 5.50. The second kappa shape index (κ2) is 6.86. The van der Waals surface area contributed by atoms with Crippen molar-refractivity contribution in [3.63, 3.8) is 0 Å². The molecule has 0 bridgehead atoms. The highest BCUT2D eigenvalue weighted by Gasteiger charge is 2.15. The Kier molecular flexibility index (Phi) is 4.66. The predicted octanol–water partition coefficient (Wildman–Crippen LogP) is 2.26. The average Bonchev–Trinajstić information content (AvgIpc) is 3.00. The summed E-state index contributed by atoms with van der Waals surface area (Å²) in [5, 5.41) is 3.37. The van der Waals surface area contributed by atoms with Crippen molar-refractivity contribution in [2.45, 2.75) is 25.4 Å². The monoisotopic (exact) mass is 274 g/mol. The minimum absolute atomic E-state index is 0.267. The van der Waals surface area contributed by atoms with E-state index in [9.17, 15) is 0 Å². The zero-order valence-corrected chi connectivity index (χ0v) is 11.8. The first kappa shape index (κ1) is 13.6. The van der Waals surface area contributed by atoms with E-state index >= 15 is 0 Å². The van der Waals surface area contributed by atoms with Crippen molar-refractivity contribution in [2.24, 2.45) is 5.92 Å². The molecule has 108 valence electrons. The van der Waals surface area contributed by atoms with Crippen LogP contribution in [0, 0.1) is 5.92 Å². The van der Waals surface area contributed by atoms with Crippen molar-refractivity contribution in [1.82, 2.24) is 10.3 Å². The third-order valence-electron chi connectivity index (χ3n) is 3.86. The summed E-state index contributed by atoms with van der Waals surface area (Å²) in [5.41, 5.74) is 1.11. The van der Waals surface area contributed by atoms with E-state index in [1.165, 1.54) is 6.42 Å². The summed E-state index contributed by atoms with van der Waals surface area (Å²) in [6.45, 7) is 3.81. The molecule has 4 heteroatoms. The van der Waals surface area contributed by atoms with Gasteiger partial charge in [0.2, 0.25) is 0 Å². The van der Waals surface area contributed by atoms with E-state index < -0.39 is 0 Å². The fraction of sp³-hybridized carbons (Fsp3) is 0.562. The number of ether oxygens (including phenoxy) is 2. The zero-order chi connectivity index (χ0) is 13.6. The van der Waals surface area contributed by atoms with Gasteiger partial charge in [-0.3, -0.25) is 4.98 Å². The van der Waals surface area contributed by atoms with Gasteiger partial charge in [0.25, 0.3) is 0 Å². The molecule has 2 aliphatic heterocycles. The lowest BCUT2D eigenvalue weighted by molar-refractivity contribution is 0.0254. The first-order valence-corrected chi connectivity index (χ1v) is 7.48. The number of pyridine rings is 1. The SMILES string of the molecule is C(=C/[C@H]1CCNC1)/c1cncc(OC2CCOCC2)c1. The van der Waals surface area contributed by atoms with Gasteiger partial charge in [0, 0.05) is 25.6 Å². The topological polar surface area (TPSA) is 43.4 Å². The van der Waals surface area contributed by atoms with Crippen LogP contribution in [0.3, 0.4) is 0 Å². The Morgan fingerprint density at radius 1 is 1.25 bits per heavy atom. The number of rotatable bonds is 4. The van der Waals surface area contributed by atoms with Gasteiger partial charge in [0.1, 0.15) is 11.9 Å². The van der Waals surface area contributed by atoms with Crippen molar-refractivity contribution in [3.8, 4) is 5.75 Å². The van der Waals surface area contributed by atoms with Crippen LogP contribution in [0.1, 0.15) is 24.8 Å². The van der Waals surface area contributed by atoms with Crippen molar-refractivity contribution in [3.05, 3.63) is 30.1 Å². The molecule has 1 aromatic rings. The lowest BCUT2D eigenvalue weighted by atomic mass is 10.1. The fourth-order valence-electron chi connectivity index (χ4n) is 2.67. The molecule has 3 heterocycles. The van der Waals surface area contributed by atoms with Crippen LogP contribution in [0.4, 0.5) is 0 Å². The molecule has 4 nitrogen and oxygen atoms in total. The maximum absolute atomic E-state index is 5.98. The van der Waals surface area contributed by atoms with Crippen LogP contribution in [-0.2, 0) is 4.74 Å². The fourth-order valence-corrected chi connectivity index (χ4v) is 2.67. The predicted molar refractivity (Wildman–Crippen MR) is 78.7 cm³/mol. The Balaban J connectivity index is 1.59. The number of hydrogen-bond donors (Lipinski definition) is 1. The van der Waals surface area contributed by atoms with Gasteiger partial charge < -0.3 is 14.8 Å². The molecule has 0 spiro atoms. The van der Waals surface area contributed by atoms with Crippen LogP contribution < -0.4 is 10.1 Å². The molecule has 0 aromatic carbocycles. The molecule has 0 aliphatic carbocycles. The Hall–Kier alpha value is -1.39. The maximum atomic E-state index is 5.98. The molecule has 0 radical (unpaired) electrons. The Bertz CT molecular complexity index is 450. The van der Waals surface area contributed by atoms with E-state index in [1.54, 1.807) is 6.20 Å². The molecule has 0 unspecified atom stereocenters. The van der Waals surface area contributed by atoms with Crippen LogP contribution in [0.15, 0.2) is 24.5 Å². The van der Waals surface area contributed by atoms with Crippen LogP contribution in [-0.4, -0.2) is 37.4 Å². The summed E-state index contributed by atoms with van der Waals surface area (Å²) in [5.74, 6) is 1.51. The summed E-state index contributed by atoms with van der Waals surface area (Å²) in [6.07, 6.45) is 11.5. The lowest BCUT2D eigenvalue weighted by Gasteiger charge is -2.23. The van der Waals surface area contributed by atoms with Crippen LogP contribution in [0.5, 0.6) is 5.75 Å². The lowest BCUT2D eigenvalue weighted by Crippen LogP contribution is -2.25. The quantitative estimate of drug-likeness (QED) is 0.914. The summed E-state index contributed by atoms with van der Waals surface area (Å²) >= 11 is 0. The third-order valence-corrected chi connectivity index (χ3v) is 3.86. The number of aromatic nitrogens is 1. The summed E-state index contributed by atoms with van der Waals surface area (Å²) in [7, 11) is 0. The number of hydrogen-bond acceptors (Lipinski definition) is 4. The van der Waals surface area contributed by atoms with Gasteiger partial charge in [-0.1, -0.05) is 12.2 Å². The molecule has 3 rings (SSSR count). The minimum Gasteiger partial charge on any atom is -0.489 e. The molecular weight excluding hydrogens is 252 g/mol. The average molecular weight is 274 g/mol. The van der Waals surface area contributed by atoms with Crippen LogP contribution in [0.25, 0.3) is 6.08 Å². The first-order chi connectivity index (χ1) is 9.90. The highest BCUT2D eigenvalue weighted by atomic mass is 16.5. The minimum atomic E-state index is 0.267. The van der Waals surface area contributed by atoms with Gasteiger partial charge >= 0.3 is 0 Å². The summed E-state index contributed by atoms with van der Waals surface area (Å²) < 4.78 is 11.3. The molecule has 2 saturated heterocycles. The molecule has 1 aromatic heterocycles. The highest BCUT2D eigenvalue weighted by molar-refractivity contribution is 5.50. The van der Waals surface area contributed by atoms with Gasteiger partial charge in [-0.05, 0) is 30.5 Å². The molecule has 0 saturated carbocycles. The largest absolute Gasteiger partial charge is 0.489 e. The summed E-state index contributed by atoms with van der Waals surface area (Å²) in [4.78, 5) is 4.27. The van der Waals surface area contributed by atoms with E-state index in [1.807, 2.05) is 6.20 Å². The van der Waals surface area contributed by atoms with Crippen molar-refractivity contribution in [2.75, 3.05) is 26.3 Å². The Morgan fingerprint density at radius 2 is 2.15 bits per heavy atom. The Labute approximate surface area is 120 Å². The smallest absolute Gasteiger partial charge is 0.138 e. The second-order valence-corrected chi connectivity index (χ2v) is 5.50. The van der Waals surface area contributed by atoms with Gasteiger partial charge in [0.15, 0.2) is 0 Å². The van der Waals surface area contributed by atoms with Crippen molar-refractivity contribution in [1.29, 1.82) is 0 Å². The van der Waals surface area contributed by atoms with Gasteiger partial charge in [-0.15, -0.1) is 0 Å². The molecule has 2 fully saturated rings. The van der Waals surface area contributed by atoms with Crippen molar-refractivity contribution < 1.29 is 9.47 Å². The standard InChI is InChI=1S/C16H22N2O2/c1(13-3-6-17-10-13)2-14-9-16(12-18-11-14)20-15-4-7-19-8-5-15/h1-2,9,11-13,15,17H,3-8,10H2/b2-1-/t13-/m0/s1. The zero-order valence-electron chi connectivity index (χ0n) is 11.8. The molecule has 1 N–H and O–H groups in total. The van der Waals surface area contributed by atoms with E-state index in [2.05, 4.69) is 28.5 Å². The molecule has 1 atom stereocenters. The molecule has 2 aliphatic rings. The Morgan fingerprint density at radius 3 is 2.95 bits per heavy atom. The summed E-state index contributed by atoms with van der Waals surface area (Å²) in [6, 6.07) is 2.07. The van der Waals surface area contributed by atoms with Crippen LogP contribution in [0.2, 0.25) is 0 Å². The maximum Gasteiger partial charge on any atom is 0.138 e. The van der Waals surface area contributed by atoms with Gasteiger partial charge in [-0.25, -0.2) is 0 Å². The van der Waals surface area contributed by atoms with Crippen LogP contribution >= 0.6 is 0 Å². The number of nitrogens with one attached hydrogen (secondary N) is 1. The van der Waals surface area contributed by atoms with E-state index in [0.717, 1.165) is 50.5 Å². The van der Waals surface area contributed by atoms with Crippen molar-refractivity contribution >= 4 is 6.08 Å². The molecule has 20 heavy (non-hydrogen) atoms. The third kappa shape index (κ3) is 3.81. The van der Waals surface area contributed by atoms with E-state index in [-0.39, 0.29) is 6.10 Å². The highest BCUT2D eigenvalue weighted by Crippen LogP contribution is 2.19. The van der Waals surface area contributed by atoms with Gasteiger partial charge in [-0.2, -0.15) is 0 Å². The normalized spacial score (nSPS) is 24.3.